The van der Waals surface area contributed by atoms with Gasteiger partial charge in [-0.1, -0.05) is 19.1 Å². The van der Waals surface area contributed by atoms with Crippen LogP contribution in [0.25, 0.3) is 0 Å². The van der Waals surface area contributed by atoms with Gasteiger partial charge in [0.1, 0.15) is 5.82 Å². The summed E-state index contributed by atoms with van der Waals surface area (Å²) in [4.78, 5) is 12.3. The summed E-state index contributed by atoms with van der Waals surface area (Å²) >= 11 is 0. The van der Waals surface area contributed by atoms with Crippen LogP contribution in [0.1, 0.15) is 25.5 Å². The second-order valence-electron chi connectivity index (χ2n) is 5.09. The fraction of sp³-hybridized carbons (Fsp3) is 0.533. The lowest BCUT2D eigenvalue weighted by molar-refractivity contribution is -0.126. The third kappa shape index (κ3) is 3.55. The quantitative estimate of drug-likeness (QED) is 0.862. The van der Waals surface area contributed by atoms with Crippen LogP contribution < -0.4 is 10.6 Å². The minimum absolute atomic E-state index is 0.0229. The van der Waals surface area contributed by atoms with Gasteiger partial charge in [0.25, 0.3) is 0 Å². The molecule has 3 atom stereocenters. The van der Waals surface area contributed by atoms with Gasteiger partial charge in [0.15, 0.2) is 0 Å². The third-order valence-corrected chi connectivity index (χ3v) is 3.61. The number of benzene rings is 1. The topological polar surface area (TPSA) is 50.4 Å². The standard InChI is InChI=1S/C15H21FN2O2/c1-3-17-14-9-20-8-13(14)15(19)18-10(2)11-4-6-12(16)7-5-11/h4-7,10,13-14,17H,3,8-9H2,1-2H3,(H,18,19). The van der Waals surface area contributed by atoms with Crippen LogP contribution in [0.3, 0.4) is 0 Å². The van der Waals surface area contributed by atoms with Crippen LogP contribution in [0.15, 0.2) is 24.3 Å². The zero-order valence-electron chi connectivity index (χ0n) is 11.9. The Hall–Kier alpha value is -1.46. The van der Waals surface area contributed by atoms with E-state index in [9.17, 15) is 9.18 Å². The molecule has 0 aromatic heterocycles. The SMILES string of the molecule is CCNC1COCC1C(=O)NC(C)c1ccc(F)cc1. The Morgan fingerprint density at radius 1 is 1.40 bits per heavy atom. The van der Waals surface area contributed by atoms with E-state index in [-0.39, 0.29) is 29.7 Å². The Bertz CT molecular complexity index is 450. The number of nitrogens with one attached hydrogen (secondary N) is 2. The summed E-state index contributed by atoms with van der Waals surface area (Å²) in [7, 11) is 0. The van der Waals surface area contributed by atoms with Crippen LogP contribution >= 0.6 is 0 Å². The van der Waals surface area contributed by atoms with Crippen molar-refractivity contribution in [1.82, 2.24) is 10.6 Å². The second kappa shape index (κ2) is 6.81. The normalized spacial score (nSPS) is 23.6. The van der Waals surface area contributed by atoms with Crippen molar-refractivity contribution in [2.45, 2.75) is 25.9 Å². The summed E-state index contributed by atoms with van der Waals surface area (Å²) in [5, 5.41) is 6.23. The average Bonchev–Trinajstić information content (AvgIpc) is 2.88. The molecule has 3 unspecified atom stereocenters. The highest BCUT2D eigenvalue weighted by Gasteiger charge is 2.33. The number of hydrogen-bond donors (Lipinski definition) is 2. The Morgan fingerprint density at radius 2 is 2.10 bits per heavy atom. The molecule has 1 aliphatic heterocycles. The van der Waals surface area contributed by atoms with E-state index in [4.69, 9.17) is 4.74 Å². The first-order chi connectivity index (χ1) is 9.61. The smallest absolute Gasteiger partial charge is 0.227 e. The van der Waals surface area contributed by atoms with Crippen LogP contribution in [-0.4, -0.2) is 31.7 Å². The van der Waals surface area contributed by atoms with Crippen molar-refractivity contribution < 1.29 is 13.9 Å². The number of likely N-dealkylation sites (N-methyl/N-ethyl adjacent to an activating group) is 1. The molecule has 0 radical (unpaired) electrons. The van der Waals surface area contributed by atoms with E-state index in [1.165, 1.54) is 12.1 Å². The highest BCUT2D eigenvalue weighted by atomic mass is 19.1. The molecule has 110 valence electrons. The number of amides is 1. The molecule has 1 aromatic rings. The number of carbonyl (C=O) groups excluding carboxylic acids is 1. The first-order valence-corrected chi connectivity index (χ1v) is 6.98. The van der Waals surface area contributed by atoms with E-state index < -0.39 is 0 Å². The highest BCUT2D eigenvalue weighted by molar-refractivity contribution is 5.80. The predicted octanol–water partition coefficient (Wildman–Crippen LogP) is 1.63. The van der Waals surface area contributed by atoms with Crippen molar-refractivity contribution >= 4 is 5.91 Å². The second-order valence-corrected chi connectivity index (χ2v) is 5.09. The Morgan fingerprint density at radius 3 is 2.75 bits per heavy atom. The van der Waals surface area contributed by atoms with Crippen LogP contribution in [0.2, 0.25) is 0 Å². The van der Waals surface area contributed by atoms with Gasteiger partial charge in [-0.15, -0.1) is 0 Å². The van der Waals surface area contributed by atoms with Crippen molar-refractivity contribution in [3.05, 3.63) is 35.6 Å². The molecular formula is C15H21FN2O2. The zero-order chi connectivity index (χ0) is 14.5. The number of rotatable bonds is 5. The molecule has 2 N–H and O–H groups in total. The lowest BCUT2D eigenvalue weighted by Crippen LogP contribution is -2.44. The van der Waals surface area contributed by atoms with Crippen LogP contribution in [0.4, 0.5) is 4.39 Å². The van der Waals surface area contributed by atoms with E-state index >= 15 is 0 Å². The number of ether oxygens (including phenoxy) is 1. The molecule has 5 heteroatoms. The maximum Gasteiger partial charge on any atom is 0.227 e. The molecule has 0 saturated carbocycles. The number of carbonyl (C=O) groups is 1. The molecule has 2 rings (SSSR count). The maximum atomic E-state index is 12.9. The van der Waals surface area contributed by atoms with Crippen molar-refractivity contribution in [2.75, 3.05) is 19.8 Å². The summed E-state index contributed by atoms with van der Waals surface area (Å²) in [5.74, 6) is -0.466. The van der Waals surface area contributed by atoms with Crippen molar-refractivity contribution in [3.63, 3.8) is 0 Å². The van der Waals surface area contributed by atoms with E-state index in [0.717, 1.165) is 12.1 Å². The lowest BCUT2D eigenvalue weighted by atomic mass is 10.0. The molecule has 1 aliphatic rings. The molecule has 1 fully saturated rings. The molecule has 1 saturated heterocycles. The van der Waals surface area contributed by atoms with Crippen molar-refractivity contribution in [3.8, 4) is 0 Å². The van der Waals surface area contributed by atoms with E-state index in [1.54, 1.807) is 12.1 Å². The zero-order valence-corrected chi connectivity index (χ0v) is 11.9. The van der Waals surface area contributed by atoms with Crippen LogP contribution in [-0.2, 0) is 9.53 Å². The minimum atomic E-state index is -0.274. The van der Waals surface area contributed by atoms with Gasteiger partial charge < -0.3 is 15.4 Å². The first kappa shape index (κ1) is 14.9. The predicted molar refractivity (Wildman–Crippen MR) is 74.7 cm³/mol. The summed E-state index contributed by atoms with van der Waals surface area (Å²) in [6.07, 6.45) is 0. The Balaban J connectivity index is 1.95. The monoisotopic (exact) mass is 280 g/mol. The lowest BCUT2D eigenvalue weighted by Gasteiger charge is -2.21. The van der Waals surface area contributed by atoms with E-state index in [2.05, 4.69) is 10.6 Å². The van der Waals surface area contributed by atoms with Crippen LogP contribution in [0, 0.1) is 11.7 Å². The molecule has 1 aromatic carbocycles. The maximum absolute atomic E-state index is 12.9. The third-order valence-electron chi connectivity index (χ3n) is 3.61. The fourth-order valence-electron chi connectivity index (χ4n) is 2.43. The Labute approximate surface area is 118 Å². The van der Waals surface area contributed by atoms with Crippen molar-refractivity contribution in [1.29, 1.82) is 0 Å². The molecule has 20 heavy (non-hydrogen) atoms. The molecule has 0 spiro atoms. The van der Waals surface area contributed by atoms with Gasteiger partial charge >= 0.3 is 0 Å². The van der Waals surface area contributed by atoms with E-state index in [1.807, 2.05) is 13.8 Å². The van der Waals surface area contributed by atoms with Gasteiger partial charge in [-0.2, -0.15) is 0 Å². The fourth-order valence-corrected chi connectivity index (χ4v) is 2.43. The van der Waals surface area contributed by atoms with E-state index in [0.29, 0.717) is 13.2 Å². The van der Waals surface area contributed by atoms with Gasteiger partial charge in [-0.25, -0.2) is 4.39 Å². The highest BCUT2D eigenvalue weighted by Crippen LogP contribution is 2.17. The molecule has 4 nitrogen and oxygen atoms in total. The van der Waals surface area contributed by atoms with Crippen LogP contribution in [0.5, 0.6) is 0 Å². The summed E-state index contributed by atoms with van der Waals surface area (Å²) in [6, 6.07) is 6.10. The molecule has 1 heterocycles. The summed E-state index contributed by atoms with van der Waals surface area (Å²) in [5.41, 5.74) is 0.888. The Kier molecular flexibility index (Phi) is 5.09. The summed E-state index contributed by atoms with van der Waals surface area (Å²) in [6.45, 7) is 5.72. The number of halogens is 1. The molecule has 1 amide bonds. The first-order valence-electron chi connectivity index (χ1n) is 6.98. The minimum Gasteiger partial charge on any atom is -0.379 e. The molecule has 0 aliphatic carbocycles. The molecular weight excluding hydrogens is 259 g/mol. The van der Waals surface area contributed by atoms with Gasteiger partial charge in [0, 0.05) is 6.04 Å². The largest absolute Gasteiger partial charge is 0.379 e. The summed E-state index contributed by atoms with van der Waals surface area (Å²) < 4.78 is 18.3. The molecule has 0 bridgehead atoms. The van der Waals surface area contributed by atoms with Gasteiger partial charge in [-0.3, -0.25) is 4.79 Å². The number of hydrogen-bond acceptors (Lipinski definition) is 3. The average molecular weight is 280 g/mol. The van der Waals surface area contributed by atoms with Gasteiger partial charge in [0.05, 0.1) is 25.2 Å². The van der Waals surface area contributed by atoms with Crippen molar-refractivity contribution in [2.24, 2.45) is 5.92 Å². The van der Waals surface area contributed by atoms with Gasteiger partial charge in [-0.05, 0) is 31.2 Å². The van der Waals surface area contributed by atoms with Gasteiger partial charge in [0.2, 0.25) is 5.91 Å².